The molecule has 1 fully saturated rings. The normalized spacial score (nSPS) is 19.6. The molecule has 1 aliphatic carbocycles. The van der Waals surface area contributed by atoms with Crippen LogP contribution in [-0.4, -0.2) is 27.1 Å². The van der Waals surface area contributed by atoms with Crippen molar-refractivity contribution in [3.63, 3.8) is 0 Å². The first-order valence-electron chi connectivity index (χ1n) is 8.68. The van der Waals surface area contributed by atoms with Crippen LogP contribution in [0.3, 0.4) is 0 Å². The Hall–Kier alpha value is -2.83. The number of aryl methyl sites for hydroxylation is 1. The summed E-state index contributed by atoms with van der Waals surface area (Å²) in [6.07, 6.45) is 10.8. The molecule has 0 amide bonds. The van der Waals surface area contributed by atoms with Crippen LogP contribution in [0.1, 0.15) is 37.7 Å². The van der Waals surface area contributed by atoms with Gasteiger partial charge >= 0.3 is 0 Å². The highest BCUT2D eigenvalue weighted by atomic mass is 15.4. The van der Waals surface area contributed by atoms with E-state index in [0.717, 1.165) is 42.6 Å². The molecule has 25 heavy (non-hydrogen) atoms. The summed E-state index contributed by atoms with van der Waals surface area (Å²) < 4.78 is 1.98. The number of anilines is 1. The Bertz CT molecular complexity index is 829. The molecule has 0 unspecified atom stereocenters. The molecule has 1 aromatic carbocycles. The molecule has 4 rings (SSSR count). The van der Waals surface area contributed by atoms with Gasteiger partial charge in [0, 0.05) is 23.8 Å². The molecule has 0 radical (unpaired) electrons. The second kappa shape index (κ2) is 5.91. The number of aromatic nitrogens is 2. The maximum Gasteiger partial charge on any atom is 0.220 e. The maximum absolute atomic E-state index is 6.31. The molecule has 0 atom stereocenters. The molecule has 1 saturated carbocycles. The molecular formula is C18H23N7. The molecule has 1 aromatic heterocycles. The minimum atomic E-state index is -0.407. The zero-order valence-electron chi connectivity index (χ0n) is 14.4. The smallest absolute Gasteiger partial charge is 0.220 e. The fourth-order valence-corrected chi connectivity index (χ4v) is 3.93. The predicted molar refractivity (Wildman–Crippen MR) is 99.8 cm³/mol. The van der Waals surface area contributed by atoms with Crippen molar-refractivity contribution in [1.29, 1.82) is 0 Å². The second-order valence-electron chi connectivity index (χ2n) is 6.76. The van der Waals surface area contributed by atoms with Crippen molar-refractivity contribution in [3.05, 3.63) is 42.5 Å². The van der Waals surface area contributed by atoms with Crippen molar-refractivity contribution >= 4 is 17.6 Å². The molecule has 2 aromatic rings. The molecule has 130 valence electrons. The first-order valence-corrected chi connectivity index (χ1v) is 8.68. The monoisotopic (exact) mass is 337 g/mol. The maximum atomic E-state index is 6.31. The number of hydrogen-bond acceptors (Lipinski definition) is 6. The summed E-state index contributed by atoms with van der Waals surface area (Å²) in [5.74, 6) is 0.705. The fourth-order valence-electron chi connectivity index (χ4n) is 3.93. The highest BCUT2D eigenvalue weighted by molar-refractivity contribution is 6.06. The quantitative estimate of drug-likeness (QED) is 0.878. The number of nitrogens with two attached hydrogens (primary N) is 2. The summed E-state index contributed by atoms with van der Waals surface area (Å²) in [7, 11) is 0. The van der Waals surface area contributed by atoms with Gasteiger partial charge in [0.15, 0.2) is 0 Å². The summed E-state index contributed by atoms with van der Waals surface area (Å²) >= 11 is 0. The second-order valence-corrected chi connectivity index (χ2v) is 6.76. The lowest BCUT2D eigenvalue weighted by Gasteiger charge is -2.46. The average Bonchev–Trinajstić information content (AvgIpc) is 3.11. The highest BCUT2D eigenvalue weighted by Crippen LogP contribution is 2.40. The Morgan fingerprint density at radius 3 is 2.60 bits per heavy atom. The Labute approximate surface area is 147 Å². The van der Waals surface area contributed by atoms with Crippen LogP contribution in [0, 0.1) is 6.92 Å². The Balaban J connectivity index is 1.78. The van der Waals surface area contributed by atoms with Crippen molar-refractivity contribution in [1.82, 2.24) is 9.55 Å². The molecule has 2 aliphatic rings. The van der Waals surface area contributed by atoms with Crippen molar-refractivity contribution in [3.8, 4) is 5.69 Å². The lowest BCUT2D eigenvalue weighted by atomic mass is 9.87. The van der Waals surface area contributed by atoms with Crippen molar-refractivity contribution in [2.45, 2.75) is 44.7 Å². The third kappa shape index (κ3) is 2.65. The molecule has 7 heteroatoms. The van der Waals surface area contributed by atoms with Crippen LogP contribution < -0.4 is 16.4 Å². The van der Waals surface area contributed by atoms with Crippen LogP contribution in [0.5, 0.6) is 0 Å². The van der Waals surface area contributed by atoms with Crippen LogP contribution in [0.2, 0.25) is 0 Å². The molecule has 2 heterocycles. The van der Waals surface area contributed by atoms with E-state index in [2.05, 4.69) is 40.0 Å². The Morgan fingerprint density at radius 1 is 1.12 bits per heavy atom. The summed E-state index contributed by atoms with van der Waals surface area (Å²) in [6.45, 7) is 2.08. The van der Waals surface area contributed by atoms with Gasteiger partial charge in [-0.3, -0.25) is 4.90 Å². The molecule has 1 spiro atoms. The Kier molecular flexibility index (Phi) is 3.71. The summed E-state index contributed by atoms with van der Waals surface area (Å²) in [5.41, 5.74) is 15.1. The first kappa shape index (κ1) is 15.7. The van der Waals surface area contributed by atoms with Gasteiger partial charge in [0.2, 0.25) is 11.9 Å². The number of aliphatic imine (C=N–C) groups is 2. The summed E-state index contributed by atoms with van der Waals surface area (Å²) in [5, 5.41) is 0. The molecule has 1 aliphatic heterocycles. The lowest BCUT2D eigenvalue weighted by molar-refractivity contribution is 0.305. The number of benzene rings is 1. The van der Waals surface area contributed by atoms with E-state index >= 15 is 0 Å². The van der Waals surface area contributed by atoms with E-state index in [-0.39, 0.29) is 5.96 Å². The number of imidazole rings is 1. The van der Waals surface area contributed by atoms with Crippen molar-refractivity contribution < 1.29 is 0 Å². The zero-order valence-corrected chi connectivity index (χ0v) is 14.4. The van der Waals surface area contributed by atoms with Gasteiger partial charge in [0.25, 0.3) is 0 Å². The number of guanidine groups is 2. The predicted octanol–water partition coefficient (Wildman–Crippen LogP) is 2.29. The van der Waals surface area contributed by atoms with Gasteiger partial charge in [-0.05, 0) is 56.4 Å². The lowest BCUT2D eigenvalue weighted by Crippen LogP contribution is -2.58. The van der Waals surface area contributed by atoms with Crippen molar-refractivity contribution in [2.24, 2.45) is 21.5 Å². The number of hydrogen-bond donors (Lipinski definition) is 2. The van der Waals surface area contributed by atoms with Crippen LogP contribution in [0.15, 0.2) is 46.9 Å². The first-order chi connectivity index (χ1) is 12.1. The molecule has 0 saturated heterocycles. The standard InChI is InChI=1S/C18H23N7/c1-13-11-14(24-10-9-21-12-24)5-6-15(13)25-17(20)22-16(19)23-18(25)7-3-2-4-8-18/h5-6,9-12H,2-4,7-8H2,1H3,(H4,19,20,22,23). The van der Waals surface area contributed by atoms with Gasteiger partial charge in [-0.25, -0.2) is 9.98 Å². The fraction of sp³-hybridized carbons (Fsp3) is 0.389. The zero-order chi connectivity index (χ0) is 17.4. The third-order valence-electron chi connectivity index (χ3n) is 5.08. The van der Waals surface area contributed by atoms with Gasteiger partial charge in [0.1, 0.15) is 5.66 Å². The van der Waals surface area contributed by atoms with Crippen LogP contribution in [-0.2, 0) is 0 Å². The molecule has 4 N–H and O–H groups in total. The van der Waals surface area contributed by atoms with Crippen LogP contribution in [0.25, 0.3) is 5.69 Å². The molecule has 0 bridgehead atoms. The van der Waals surface area contributed by atoms with E-state index in [1.165, 1.54) is 6.42 Å². The van der Waals surface area contributed by atoms with Crippen molar-refractivity contribution in [2.75, 3.05) is 4.90 Å². The van der Waals surface area contributed by atoms with E-state index < -0.39 is 5.66 Å². The number of rotatable bonds is 2. The minimum Gasteiger partial charge on any atom is -0.369 e. The summed E-state index contributed by atoms with van der Waals surface area (Å²) in [4.78, 5) is 15.2. The highest BCUT2D eigenvalue weighted by Gasteiger charge is 2.42. The van der Waals surface area contributed by atoms with Gasteiger partial charge in [-0.2, -0.15) is 4.99 Å². The average molecular weight is 337 g/mol. The molecule has 7 nitrogen and oxygen atoms in total. The largest absolute Gasteiger partial charge is 0.369 e. The molecular weight excluding hydrogens is 314 g/mol. The van der Waals surface area contributed by atoms with Crippen LogP contribution >= 0.6 is 0 Å². The SMILES string of the molecule is Cc1cc(-n2ccnc2)ccc1N1C(N)=NC(N)=NC12CCCCC2. The van der Waals surface area contributed by atoms with Gasteiger partial charge < -0.3 is 16.0 Å². The summed E-state index contributed by atoms with van der Waals surface area (Å²) in [6, 6.07) is 6.28. The van der Waals surface area contributed by atoms with E-state index in [1.54, 1.807) is 12.5 Å². The van der Waals surface area contributed by atoms with E-state index in [0.29, 0.717) is 5.96 Å². The van der Waals surface area contributed by atoms with Gasteiger partial charge in [0.05, 0.1) is 6.33 Å². The van der Waals surface area contributed by atoms with E-state index in [4.69, 9.17) is 16.5 Å². The topological polar surface area (TPSA) is 97.8 Å². The van der Waals surface area contributed by atoms with Gasteiger partial charge in [-0.15, -0.1) is 0 Å². The third-order valence-corrected chi connectivity index (χ3v) is 5.08. The number of nitrogens with zero attached hydrogens (tertiary/aromatic N) is 5. The minimum absolute atomic E-state index is 0.281. The van der Waals surface area contributed by atoms with E-state index in [1.807, 2.05) is 10.8 Å². The van der Waals surface area contributed by atoms with Crippen LogP contribution in [0.4, 0.5) is 5.69 Å². The van der Waals surface area contributed by atoms with E-state index in [9.17, 15) is 0 Å². The Morgan fingerprint density at radius 2 is 1.92 bits per heavy atom. The van der Waals surface area contributed by atoms with Gasteiger partial charge in [-0.1, -0.05) is 6.42 Å².